The fourth-order valence-electron chi connectivity index (χ4n) is 3.40. The van der Waals surface area contributed by atoms with E-state index in [0.717, 1.165) is 37.2 Å². The van der Waals surface area contributed by atoms with Crippen molar-refractivity contribution in [2.24, 2.45) is 11.8 Å². The second-order valence-corrected chi connectivity index (χ2v) is 5.52. The van der Waals surface area contributed by atoms with E-state index in [1.807, 2.05) is 12.1 Å². The van der Waals surface area contributed by atoms with Gasteiger partial charge in [-0.05, 0) is 49.7 Å². The van der Waals surface area contributed by atoms with Gasteiger partial charge in [-0.1, -0.05) is 0 Å². The molecule has 1 aromatic heterocycles. The van der Waals surface area contributed by atoms with E-state index < -0.39 is 0 Å². The summed E-state index contributed by atoms with van der Waals surface area (Å²) in [6, 6.07) is 3.71. The molecular formula is C15H19NO2. The lowest BCUT2D eigenvalue weighted by atomic mass is 9.84. The monoisotopic (exact) mass is 245 g/mol. The molecule has 18 heavy (non-hydrogen) atoms. The van der Waals surface area contributed by atoms with Crippen LogP contribution >= 0.6 is 0 Å². The Morgan fingerprint density at radius 1 is 1.22 bits per heavy atom. The fraction of sp³-hybridized carbons (Fsp3) is 0.600. The Bertz CT molecular complexity index is 432. The lowest BCUT2D eigenvalue weighted by molar-refractivity contribution is 0.0687. The van der Waals surface area contributed by atoms with Crippen molar-refractivity contribution in [3.05, 3.63) is 29.6 Å². The van der Waals surface area contributed by atoms with Gasteiger partial charge in [-0.2, -0.15) is 0 Å². The molecule has 0 radical (unpaired) electrons. The number of rotatable bonds is 2. The number of carbonyl (C=O) groups is 1. The normalized spacial score (nSPS) is 31.7. The molecule has 2 heterocycles. The van der Waals surface area contributed by atoms with E-state index in [1.165, 1.54) is 19.3 Å². The molecule has 2 fully saturated rings. The number of carbonyl (C=O) groups excluding carboxylic acids is 1. The Morgan fingerprint density at radius 2 is 2.11 bits per heavy atom. The van der Waals surface area contributed by atoms with Crippen molar-refractivity contribution in [3.8, 4) is 0 Å². The molecule has 3 atom stereocenters. The molecule has 0 N–H and O–H groups in total. The van der Waals surface area contributed by atoms with Crippen molar-refractivity contribution in [1.29, 1.82) is 0 Å². The van der Waals surface area contributed by atoms with Crippen LogP contribution in [-0.2, 0) is 4.74 Å². The third-order valence-corrected chi connectivity index (χ3v) is 4.44. The largest absolute Gasteiger partial charge is 0.381 e. The summed E-state index contributed by atoms with van der Waals surface area (Å²) in [7, 11) is 0. The first-order valence-electron chi connectivity index (χ1n) is 6.86. The van der Waals surface area contributed by atoms with Gasteiger partial charge in [0.15, 0.2) is 6.29 Å². The summed E-state index contributed by atoms with van der Waals surface area (Å²) in [6.07, 6.45) is 7.57. The number of hydrogen-bond acceptors (Lipinski definition) is 3. The molecule has 2 bridgehead atoms. The van der Waals surface area contributed by atoms with Crippen LogP contribution in [0.5, 0.6) is 0 Å². The van der Waals surface area contributed by atoms with Gasteiger partial charge in [-0.3, -0.25) is 9.78 Å². The number of pyridine rings is 1. The number of aromatic nitrogens is 1. The molecule has 0 spiro atoms. The molecule has 1 saturated carbocycles. The molecule has 0 amide bonds. The topological polar surface area (TPSA) is 39.2 Å². The summed E-state index contributed by atoms with van der Waals surface area (Å²) in [6.45, 7) is 1.75. The first-order chi connectivity index (χ1) is 8.88. The van der Waals surface area contributed by atoms with Gasteiger partial charge in [0, 0.05) is 24.3 Å². The SMILES string of the molecule is O=Cc1cccnc1C1CCC2CCC1COC2. The second-order valence-electron chi connectivity index (χ2n) is 5.52. The summed E-state index contributed by atoms with van der Waals surface area (Å²) >= 11 is 0. The Labute approximate surface area is 108 Å². The van der Waals surface area contributed by atoms with Gasteiger partial charge in [0.2, 0.25) is 0 Å². The van der Waals surface area contributed by atoms with Crippen molar-refractivity contribution in [2.45, 2.75) is 31.6 Å². The van der Waals surface area contributed by atoms with E-state index in [4.69, 9.17) is 4.74 Å². The van der Waals surface area contributed by atoms with Gasteiger partial charge >= 0.3 is 0 Å². The molecule has 96 valence electrons. The minimum Gasteiger partial charge on any atom is -0.381 e. The predicted octanol–water partition coefficient (Wildman–Crippen LogP) is 2.81. The smallest absolute Gasteiger partial charge is 0.151 e. The maximum Gasteiger partial charge on any atom is 0.151 e. The first-order valence-corrected chi connectivity index (χ1v) is 6.86. The lowest BCUT2D eigenvalue weighted by Gasteiger charge is -2.26. The van der Waals surface area contributed by atoms with Crippen LogP contribution in [0, 0.1) is 11.8 Å². The maximum absolute atomic E-state index is 11.2. The van der Waals surface area contributed by atoms with Crippen molar-refractivity contribution in [3.63, 3.8) is 0 Å². The fourth-order valence-corrected chi connectivity index (χ4v) is 3.40. The van der Waals surface area contributed by atoms with Crippen LogP contribution < -0.4 is 0 Å². The molecule has 3 rings (SSSR count). The lowest BCUT2D eigenvalue weighted by Crippen LogP contribution is -2.21. The number of fused-ring (bicyclic) bond motifs is 3. The first kappa shape index (κ1) is 11.8. The Hall–Kier alpha value is -1.22. The van der Waals surface area contributed by atoms with Crippen LogP contribution in [0.2, 0.25) is 0 Å². The number of aldehydes is 1. The molecular weight excluding hydrogens is 226 g/mol. The highest BCUT2D eigenvalue weighted by Crippen LogP contribution is 2.40. The summed E-state index contributed by atoms with van der Waals surface area (Å²) in [5, 5.41) is 0. The molecule has 1 saturated heterocycles. The van der Waals surface area contributed by atoms with Gasteiger partial charge in [0.05, 0.1) is 12.3 Å². The average Bonchev–Trinajstić information content (AvgIpc) is 2.74. The van der Waals surface area contributed by atoms with E-state index >= 15 is 0 Å². The highest BCUT2D eigenvalue weighted by Gasteiger charge is 2.33. The molecule has 3 heteroatoms. The molecule has 1 aliphatic carbocycles. The third kappa shape index (κ3) is 2.19. The Morgan fingerprint density at radius 3 is 3.00 bits per heavy atom. The van der Waals surface area contributed by atoms with Crippen molar-refractivity contribution in [1.82, 2.24) is 4.98 Å². The zero-order chi connectivity index (χ0) is 12.4. The number of ether oxygens (including phenoxy) is 1. The van der Waals surface area contributed by atoms with Gasteiger partial charge in [0.1, 0.15) is 0 Å². The molecule has 1 aliphatic heterocycles. The van der Waals surface area contributed by atoms with Crippen LogP contribution in [0.1, 0.15) is 47.7 Å². The summed E-state index contributed by atoms with van der Waals surface area (Å²) in [4.78, 5) is 15.6. The van der Waals surface area contributed by atoms with Gasteiger partial charge in [0.25, 0.3) is 0 Å². The van der Waals surface area contributed by atoms with E-state index in [-0.39, 0.29) is 0 Å². The van der Waals surface area contributed by atoms with E-state index in [9.17, 15) is 4.79 Å². The minimum absolute atomic E-state index is 0.400. The van der Waals surface area contributed by atoms with Crippen LogP contribution in [0.3, 0.4) is 0 Å². The van der Waals surface area contributed by atoms with E-state index in [2.05, 4.69) is 4.98 Å². The standard InChI is InChI=1S/C15H19NO2/c17-8-12-2-1-7-16-15(12)14-6-4-11-3-5-13(14)10-18-9-11/h1-2,7-8,11,13-14H,3-6,9-10H2. The molecule has 1 aromatic rings. The van der Waals surface area contributed by atoms with Gasteiger partial charge in [-0.15, -0.1) is 0 Å². The van der Waals surface area contributed by atoms with Crippen molar-refractivity contribution in [2.75, 3.05) is 13.2 Å². The zero-order valence-corrected chi connectivity index (χ0v) is 10.5. The summed E-state index contributed by atoms with van der Waals surface area (Å²) in [5.74, 6) is 1.64. The number of hydrogen-bond donors (Lipinski definition) is 0. The summed E-state index contributed by atoms with van der Waals surface area (Å²) < 4.78 is 5.77. The highest BCUT2D eigenvalue weighted by atomic mass is 16.5. The van der Waals surface area contributed by atoms with Crippen LogP contribution in [0.4, 0.5) is 0 Å². The number of nitrogens with zero attached hydrogens (tertiary/aromatic N) is 1. The van der Waals surface area contributed by atoms with Crippen LogP contribution in [-0.4, -0.2) is 24.5 Å². The van der Waals surface area contributed by atoms with Crippen molar-refractivity contribution >= 4 is 6.29 Å². The summed E-state index contributed by atoms with van der Waals surface area (Å²) in [5.41, 5.74) is 1.75. The molecule has 0 aromatic carbocycles. The Balaban J connectivity index is 1.92. The molecule has 2 aliphatic rings. The third-order valence-electron chi connectivity index (χ3n) is 4.44. The van der Waals surface area contributed by atoms with Crippen LogP contribution in [0.25, 0.3) is 0 Å². The maximum atomic E-state index is 11.2. The zero-order valence-electron chi connectivity index (χ0n) is 10.5. The van der Waals surface area contributed by atoms with Gasteiger partial charge < -0.3 is 4.74 Å². The van der Waals surface area contributed by atoms with Gasteiger partial charge in [-0.25, -0.2) is 0 Å². The van der Waals surface area contributed by atoms with E-state index in [1.54, 1.807) is 6.20 Å². The minimum atomic E-state index is 0.400. The average molecular weight is 245 g/mol. The highest BCUT2D eigenvalue weighted by molar-refractivity contribution is 5.76. The Kier molecular flexibility index (Phi) is 3.41. The van der Waals surface area contributed by atoms with Crippen molar-refractivity contribution < 1.29 is 9.53 Å². The van der Waals surface area contributed by atoms with E-state index in [0.29, 0.717) is 17.8 Å². The quantitative estimate of drug-likeness (QED) is 0.752. The second kappa shape index (κ2) is 5.19. The predicted molar refractivity (Wildman–Crippen MR) is 68.6 cm³/mol. The molecule has 3 unspecified atom stereocenters. The molecule has 3 nitrogen and oxygen atoms in total. The van der Waals surface area contributed by atoms with Crippen LogP contribution in [0.15, 0.2) is 18.3 Å².